The molecule has 1 spiro atoms. The smallest absolute Gasteiger partial charge is 0.139 e. The van der Waals surface area contributed by atoms with Crippen LogP contribution in [0.4, 0.5) is 0 Å². The average molecular weight is 431 g/mol. The zero-order valence-electron chi connectivity index (χ0n) is 20.6. The van der Waals surface area contributed by atoms with E-state index in [2.05, 4.69) is 37.5 Å². The minimum Gasteiger partial charge on any atom is -0.300 e. The van der Waals surface area contributed by atoms with Gasteiger partial charge in [0.1, 0.15) is 11.6 Å². The molecule has 0 N–H and O–H groups in total. The van der Waals surface area contributed by atoms with Gasteiger partial charge in [0.2, 0.25) is 0 Å². The first kappa shape index (κ1) is 23.4. The zero-order chi connectivity index (χ0) is 22.2. The lowest BCUT2D eigenvalue weighted by Crippen LogP contribution is -2.56. The van der Waals surface area contributed by atoms with Crippen molar-refractivity contribution >= 4 is 11.6 Å². The summed E-state index contributed by atoms with van der Waals surface area (Å²) >= 11 is 0. The highest BCUT2D eigenvalue weighted by atomic mass is 16.1. The average Bonchev–Trinajstić information content (AvgIpc) is 2.76. The molecule has 31 heavy (non-hydrogen) atoms. The van der Waals surface area contributed by atoms with Gasteiger partial charge in [0.25, 0.3) is 0 Å². The molecule has 176 valence electrons. The van der Waals surface area contributed by atoms with Crippen LogP contribution in [0.2, 0.25) is 0 Å². The van der Waals surface area contributed by atoms with Crippen molar-refractivity contribution in [3.63, 3.8) is 0 Å². The van der Waals surface area contributed by atoms with Crippen molar-refractivity contribution in [3.05, 3.63) is 0 Å². The van der Waals surface area contributed by atoms with Gasteiger partial charge in [-0.3, -0.25) is 14.5 Å². The van der Waals surface area contributed by atoms with E-state index in [0.717, 1.165) is 31.8 Å². The number of carbonyl (C=O) groups is 2. The zero-order valence-corrected chi connectivity index (χ0v) is 20.6. The number of piperidine rings is 2. The fraction of sp³-hybridized carbons (Fsp3) is 0.926. The van der Waals surface area contributed by atoms with Gasteiger partial charge in [-0.25, -0.2) is 0 Å². The number of hydrogen-bond donors (Lipinski definition) is 0. The number of nitrogens with zero attached hydrogens (tertiary/aromatic N) is 2. The van der Waals surface area contributed by atoms with Gasteiger partial charge < -0.3 is 4.90 Å². The van der Waals surface area contributed by atoms with Crippen molar-refractivity contribution in [3.8, 4) is 0 Å². The van der Waals surface area contributed by atoms with E-state index in [4.69, 9.17) is 0 Å². The summed E-state index contributed by atoms with van der Waals surface area (Å²) in [4.78, 5) is 30.3. The van der Waals surface area contributed by atoms with Crippen molar-refractivity contribution in [1.29, 1.82) is 0 Å². The summed E-state index contributed by atoms with van der Waals surface area (Å²) in [5.74, 6) is 1.98. The van der Waals surface area contributed by atoms with Crippen LogP contribution in [0.1, 0.15) is 91.9 Å². The van der Waals surface area contributed by atoms with Crippen LogP contribution in [-0.2, 0) is 9.59 Å². The van der Waals surface area contributed by atoms with Crippen LogP contribution in [0.3, 0.4) is 0 Å². The molecule has 4 nitrogen and oxygen atoms in total. The van der Waals surface area contributed by atoms with Crippen molar-refractivity contribution in [1.82, 2.24) is 9.80 Å². The number of Topliss-reactive ketones (excluding diaryl/α,β-unsaturated/α-hetero) is 2. The van der Waals surface area contributed by atoms with Crippen LogP contribution in [-0.4, -0.2) is 59.6 Å². The Kier molecular flexibility index (Phi) is 7.28. The van der Waals surface area contributed by atoms with E-state index >= 15 is 0 Å². The Labute approximate surface area is 190 Å². The molecular formula is C27H46N2O2. The van der Waals surface area contributed by atoms with Crippen molar-refractivity contribution in [2.24, 2.45) is 29.1 Å². The van der Waals surface area contributed by atoms with E-state index in [1.807, 2.05) is 0 Å². The monoisotopic (exact) mass is 430 g/mol. The molecule has 0 unspecified atom stereocenters. The number of likely N-dealkylation sites (tertiary alicyclic amines) is 2. The SMILES string of the molecule is CC(C)C(=O)C1CCC2(CC1)CC(N1CCC(N3CCC[C@H](C(=O)C(C)C)C3)CC1)C2. The minimum atomic E-state index is 0.177. The van der Waals surface area contributed by atoms with Gasteiger partial charge in [0.05, 0.1) is 0 Å². The molecule has 1 atom stereocenters. The van der Waals surface area contributed by atoms with E-state index < -0.39 is 0 Å². The van der Waals surface area contributed by atoms with Crippen molar-refractivity contribution in [2.75, 3.05) is 26.2 Å². The summed E-state index contributed by atoms with van der Waals surface area (Å²) in [5.41, 5.74) is 0.562. The van der Waals surface area contributed by atoms with Gasteiger partial charge in [-0.2, -0.15) is 0 Å². The van der Waals surface area contributed by atoms with Crippen LogP contribution < -0.4 is 0 Å². The van der Waals surface area contributed by atoms with Crippen LogP contribution in [0.25, 0.3) is 0 Å². The third kappa shape index (κ3) is 5.11. The molecule has 2 aliphatic carbocycles. The first-order valence-electron chi connectivity index (χ1n) is 13.3. The summed E-state index contributed by atoms with van der Waals surface area (Å²) in [5, 5.41) is 0. The van der Waals surface area contributed by atoms with Crippen LogP contribution in [0, 0.1) is 29.1 Å². The molecule has 2 saturated heterocycles. The third-order valence-electron chi connectivity index (χ3n) is 9.31. The second-order valence-corrected chi connectivity index (χ2v) is 12.1. The number of hydrogen-bond acceptors (Lipinski definition) is 4. The minimum absolute atomic E-state index is 0.177. The number of rotatable bonds is 6. The van der Waals surface area contributed by atoms with Gasteiger partial charge >= 0.3 is 0 Å². The Morgan fingerprint density at radius 3 is 1.87 bits per heavy atom. The summed E-state index contributed by atoms with van der Waals surface area (Å²) in [6.45, 7) is 12.9. The predicted molar refractivity (Wildman–Crippen MR) is 126 cm³/mol. The maximum absolute atomic E-state index is 12.5. The summed E-state index contributed by atoms with van der Waals surface area (Å²) < 4.78 is 0. The number of ketones is 2. The van der Waals surface area contributed by atoms with Gasteiger partial charge in [0, 0.05) is 42.3 Å². The van der Waals surface area contributed by atoms with E-state index in [1.165, 1.54) is 64.6 Å². The number of carbonyl (C=O) groups excluding carboxylic acids is 2. The first-order chi connectivity index (χ1) is 14.8. The summed E-state index contributed by atoms with van der Waals surface area (Å²) in [7, 11) is 0. The second-order valence-electron chi connectivity index (χ2n) is 12.1. The second kappa shape index (κ2) is 9.63. The predicted octanol–water partition coefficient (Wildman–Crippen LogP) is 4.95. The lowest BCUT2D eigenvalue weighted by atomic mass is 9.56. The molecule has 0 radical (unpaired) electrons. The molecule has 4 aliphatic rings. The molecule has 0 aromatic heterocycles. The Balaban J connectivity index is 1.20. The molecule has 2 heterocycles. The van der Waals surface area contributed by atoms with E-state index in [1.54, 1.807) is 0 Å². The van der Waals surface area contributed by atoms with Gasteiger partial charge in [-0.05, 0) is 89.3 Å². The highest BCUT2D eigenvalue weighted by Gasteiger charge is 2.49. The molecule has 2 saturated carbocycles. The molecule has 4 fully saturated rings. The molecule has 4 rings (SSSR count). The Hall–Kier alpha value is -0.740. The Morgan fingerprint density at radius 1 is 0.710 bits per heavy atom. The van der Waals surface area contributed by atoms with Gasteiger partial charge in [-0.15, -0.1) is 0 Å². The van der Waals surface area contributed by atoms with Crippen LogP contribution >= 0.6 is 0 Å². The largest absolute Gasteiger partial charge is 0.300 e. The maximum Gasteiger partial charge on any atom is 0.139 e. The fourth-order valence-corrected chi connectivity index (χ4v) is 7.25. The van der Waals surface area contributed by atoms with Gasteiger partial charge in [-0.1, -0.05) is 27.7 Å². The van der Waals surface area contributed by atoms with E-state index in [9.17, 15) is 9.59 Å². The first-order valence-corrected chi connectivity index (χ1v) is 13.3. The Morgan fingerprint density at radius 2 is 1.29 bits per heavy atom. The topological polar surface area (TPSA) is 40.6 Å². The van der Waals surface area contributed by atoms with Crippen molar-refractivity contribution in [2.45, 2.75) is 104 Å². The van der Waals surface area contributed by atoms with E-state index in [-0.39, 0.29) is 17.8 Å². The molecule has 0 aromatic carbocycles. The third-order valence-corrected chi connectivity index (χ3v) is 9.31. The molecule has 4 heteroatoms. The normalized spacial score (nSPS) is 36.1. The lowest BCUT2D eigenvalue weighted by molar-refractivity contribution is -0.129. The standard InChI is InChI=1S/C27H46N2O2/c1-19(2)25(30)21-7-11-27(12-8-21)16-24(17-27)28-14-9-23(10-15-28)29-13-5-6-22(18-29)26(31)20(3)4/h19-24H,5-18H2,1-4H3/t21?,22-,24?,27?/m0/s1. The molecule has 0 bridgehead atoms. The highest BCUT2D eigenvalue weighted by Crippen LogP contribution is 2.54. The molecule has 0 amide bonds. The highest BCUT2D eigenvalue weighted by molar-refractivity contribution is 5.83. The van der Waals surface area contributed by atoms with E-state index in [0.29, 0.717) is 28.9 Å². The molecular weight excluding hydrogens is 384 g/mol. The van der Waals surface area contributed by atoms with Crippen LogP contribution in [0.15, 0.2) is 0 Å². The molecule has 2 aliphatic heterocycles. The van der Waals surface area contributed by atoms with Gasteiger partial charge in [0.15, 0.2) is 0 Å². The summed E-state index contributed by atoms with van der Waals surface area (Å²) in [6, 6.07) is 1.47. The quantitative estimate of drug-likeness (QED) is 0.598. The van der Waals surface area contributed by atoms with Crippen molar-refractivity contribution < 1.29 is 9.59 Å². The maximum atomic E-state index is 12.5. The molecule has 0 aromatic rings. The Bertz CT molecular complexity index is 634. The van der Waals surface area contributed by atoms with Crippen LogP contribution in [0.5, 0.6) is 0 Å². The fourth-order valence-electron chi connectivity index (χ4n) is 7.25. The summed E-state index contributed by atoms with van der Waals surface area (Å²) in [6.07, 6.45) is 12.4. The lowest BCUT2D eigenvalue weighted by Gasteiger charge is -2.56.